The highest BCUT2D eigenvalue weighted by atomic mass is 79.9. The average molecular weight is 405 g/mol. The van der Waals surface area contributed by atoms with Gasteiger partial charge in [0.1, 0.15) is 0 Å². The van der Waals surface area contributed by atoms with E-state index in [0.29, 0.717) is 0 Å². The molecule has 0 aliphatic rings. The molecule has 0 aliphatic carbocycles. The molecule has 3 rings (SSSR count). The standard InChI is InChI=1S/C16H11Br2N3/c17-12-5-1-3-10(7-12)14-9-15(21-16(19)20-14)11-4-2-6-13(18)8-11/h1-9H,(H2,19,20,21). The van der Waals surface area contributed by atoms with E-state index >= 15 is 0 Å². The van der Waals surface area contributed by atoms with E-state index in [1.165, 1.54) is 0 Å². The molecule has 3 nitrogen and oxygen atoms in total. The van der Waals surface area contributed by atoms with Crippen LogP contribution in [0.15, 0.2) is 63.5 Å². The van der Waals surface area contributed by atoms with Crippen LogP contribution in [0.2, 0.25) is 0 Å². The monoisotopic (exact) mass is 403 g/mol. The molecule has 0 fully saturated rings. The topological polar surface area (TPSA) is 51.8 Å². The van der Waals surface area contributed by atoms with E-state index in [0.717, 1.165) is 31.5 Å². The predicted octanol–water partition coefficient (Wildman–Crippen LogP) is 4.92. The van der Waals surface area contributed by atoms with E-state index in [-0.39, 0.29) is 5.95 Å². The number of hydrogen-bond acceptors (Lipinski definition) is 3. The fourth-order valence-corrected chi connectivity index (χ4v) is 2.86. The summed E-state index contributed by atoms with van der Waals surface area (Å²) in [6, 6.07) is 17.8. The fourth-order valence-electron chi connectivity index (χ4n) is 2.06. The molecule has 0 spiro atoms. The molecule has 104 valence electrons. The number of hydrogen-bond donors (Lipinski definition) is 1. The first-order valence-electron chi connectivity index (χ1n) is 6.28. The highest BCUT2D eigenvalue weighted by Crippen LogP contribution is 2.27. The first-order valence-corrected chi connectivity index (χ1v) is 7.87. The van der Waals surface area contributed by atoms with Crippen LogP contribution in [0.5, 0.6) is 0 Å². The molecule has 21 heavy (non-hydrogen) atoms. The lowest BCUT2D eigenvalue weighted by molar-refractivity contribution is 1.19. The zero-order valence-corrected chi connectivity index (χ0v) is 14.1. The molecule has 2 N–H and O–H groups in total. The van der Waals surface area contributed by atoms with Gasteiger partial charge in [0.15, 0.2) is 0 Å². The third kappa shape index (κ3) is 3.31. The van der Waals surface area contributed by atoms with Crippen molar-refractivity contribution in [2.24, 2.45) is 0 Å². The first-order chi connectivity index (χ1) is 10.1. The van der Waals surface area contributed by atoms with Gasteiger partial charge in [-0.3, -0.25) is 0 Å². The molecule has 1 heterocycles. The largest absolute Gasteiger partial charge is 0.368 e. The summed E-state index contributed by atoms with van der Waals surface area (Å²) in [6.07, 6.45) is 0. The molecule has 0 atom stereocenters. The Morgan fingerprint density at radius 3 is 1.62 bits per heavy atom. The van der Waals surface area contributed by atoms with Gasteiger partial charge >= 0.3 is 0 Å². The Balaban J connectivity index is 2.12. The minimum absolute atomic E-state index is 0.266. The SMILES string of the molecule is Nc1nc(-c2cccc(Br)c2)cc(-c2cccc(Br)c2)n1. The molecular weight excluding hydrogens is 394 g/mol. The fraction of sp³-hybridized carbons (Fsp3) is 0. The number of halogens is 2. The van der Waals surface area contributed by atoms with Crippen molar-refractivity contribution in [3.8, 4) is 22.5 Å². The quantitative estimate of drug-likeness (QED) is 0.659. The minimum atomic E-state index is 0.266. The Kier molecular flexibility index (Phi) is 4.03. The predicted molar refractivity (Wildman–Crippen MR) is 92.7 cm³/mol. The Bertz CT molecular complexity index is 739. The second kappa shape index (κ2) is 5.95. The van der Waals surface area contributed by atoms with Crippen LogP contribution in [-0.4, -0.2) is 9.97 Å². The molecular formula is C16H11Br2N3. The highest BCUT2D eigenvalue weighted by molar-refractivity contribution is 9.10. The average Bonchev–Trinajstić information content (AvgIpc) is 2.46. The second-order valence-corrected chi connectivity index (χ2v) is 6.35. The molecule has 5 heteroatoms. The van der Waals surface area contributed by atoms with Gasteiger partial charge < -0.3 is 5.73 Å². The number of nitrogen functional groups attached to an aromatic ring is 1. The van der Waals surface area contributed by atoms with Crippen LogP contribution in [0.1, 0.15) is 0 Å². The van der Waals surface area contributed by atoms with Crippen molar-refractivity contribution in [2.45, 2.75) is 0 Å². The summed E-state index contributed by atoms with van der Waals surface area (Å²) in [5.41, 5.74) is 9.46. The Morgan fingerprint density at radius 2 is 1.19 bits per heavy atom. The summed E-state index contributed by atoms with van der Waals surface area (Å²) in [5, 5.41) is 0. The molecule has 2 aromatic carbocycles. The van der Waals surface area contributed by atoms with Gasteiger partial charge in [0.2, 0.25) is 5.95 Å². The van der Waals surface area contributed by atoms with Crippen LogP contribution in [0, 0.1) is 0 Å². The number of nitrogens with two attached hydrogens (primary N) is 1. The zero-order chi connectivity index (χ0) is 14.8. The summed E-state index contributed by atoms with van der Waals surface area (Å²) in [4.78, 5) is 8.65. The molecule has 0 saturated heterocycles. The van der Waals surface area contributed by atoms with Gasteiger partial charge in [0.25, 0.3) is 0 Å². The smallest absolute Gasteiger partial charge is 0.221 e. The van der Waals surface area contributed by atoms with Gasteiger partial charge in [-0.2, -0.15) is 0 Å². The van der Waals surface area contributed by atoms with Crippen LogP contribution >= 0.6 is 31.9 Å². The lowest BCUT2D eigenvalue weighted by Gasteiger charge is -2.07. The van der Waals surface area contributed by atoms with E-state index in [2.05, 4.69) is 41.8 Å². The summed E-state index contributed by atoms with van der Waals surface area (Å²) in [5.74, 6) is 0.266. The van der Waals surface area contributed by atoms with E-state index in [1.54, 1.807) is 0 Å². The van der Waals surface area contributed by atoms with Crippen molar-refractivity contribution < 1.29 is 0 Å². The zero-order valence-electron chi connectivity index (χ0n) is 10.9. The summed E-state index contributed by atoms with van der Waals surface area (Å²) in [6.45, 7) is 0. The molecule has 0 saturated carbocycles. The number of aromatic nitrogens is 2. The Labute approximate surface area is 139 Å². The van der Waals surface area contributed by atoms with Crippen molar-refractivity contribution in [3.05, 3.63) is 63.5 Å². The lowest BCUT2D eigenvalue weighted by atomic mass is 10.1. The van der Waals surface area contributed by atoms with Crippen molar-refractivity contribution in [3.63, 3.8) is 0 Å². The third-order valence-electron chi connectivity index (χ3n) is 2.98. The maximum atomic E-state index is 5.86. The second-order valence-electron chi connectivity index (χ2n) is 4.52. The van der Waals surface area contributed by atoms with Gasteiger partial charge in [-0.05, 0) is 30.3 Å². The van der Waals surface area contributed by atoms with Crippen LogP contribution in [0.25, 0.3) is 22.5 Å². The molecule has 0 aliphatic heterocycles. The number of nitrogens with zero attached hydrogens (tertiary/aromatic N) is 2. The molecule has 1 aromatic heterocycles. The van der Waals surface area contributed by atoms with Crippen molar-refractivity contribution >= 4 is 37.8 Å². The lowest BCUT2D eigenvalue weighted by Crippen LogP contribution is -1.98. The number of anilines is 1. The molecule has 0 unspecified atom stereocenters. The highest BCUT2D eigenvalue weighted by Gasteiger charge is 2.07. The van der Waals surface area contributed by atoms with Gasteiger partial charge in [-0.25, -0.2) is 9.97 Å². The Hall–Kier alpha value is -1.72. The third-order valence-corrected chi connectivity index (χ3v) is 3.97. The van der Waals surface area contributed by atoms with Gasteiger partial charge in [0, 0.05) is 20.1 Å². The summed E-state index contributed by atoms with van der Waals surface area (Å²) >= 11 is 6.94. The molecule has 3 aromatic rings. The minimum Gasteiger partial charge on any atom is -0.368 e. The maximum Gasteiger partial charge on any atom is 0.221 e. The van der Waals surface area contributed by atoms with Crippen molar-refractivity contribution in [1.29, 1.82) is 0 Å². The maximum absolute atomic E-state index is 5.86. The number of benzene rings is 2. The number of rotatable bonds is 2. The van der Waals surface area contributed by atoms with E-state index < -0.39 is 0 Å². The van der Waals surface area contributed by atoms with Crippen LogP contribution in [0.3, 0.4) is 0 Å². The van der Waals surface area contributed by atoms with Crippen molar-refractivity contribution in [2.75, 3.05) is 5.73 Å². The first kappa shape index (κ1) is 14.2. The van der Waals surface area contributed by atoms with Crippen molar-refractivity contribution in [1.82, 2.24) is 9.97 Å². The molecule has 0 radical (unpaired) electrons. The van der Waals surface area contributed by atoms with Crippen LogP contribution in [-0.2, 0) is 0 Å². The summed E-state index contributed by atoms with van der Waals surface area (Å²) < 4.78 is 2.00. The molecule has 0 bridgehead atoms. The van der Waals surface area contributed by atoms with Crippen LogP contribution < -0.4 is 5.73 Å². The van der Waals surface area contributed by atoms with Gasteiger partial charge in [-0.1, -0.05) is 56.1 Å². The van der Waals surface area contributed by atoms with E-state index in [4.69, 9.17) is 5.73 Å². The van der Waals surface area contributed by atoms with E-state index in [9.17, 15) is 0 Å². The Morgan fingerprint density at radius 1 is 0.714 bits per heavy atom. The summed E-state index contributed by atoms with van der Waals surface area (Å²) in [7, 11) is 0. The normalized spacial score (nSPS) is 10.6. The van der Waals surface area contributed by atoms with Crippen LogP contribution in [0.4, 0.5) is 5.95 Å². The van der Waals surface area contributed by atoms with E-state index in [1.807, 2.05) is 54.6 Å². The van der Waals surface area contributed by atoms with Gasteiger partial charge in [-0.15, -0.1) is 0 Å². The molecule has 0 amide bonds. The van der Waals surface area contributed by atoms with Gasteiger partial charge in [0.05, 0.1) is 11.4 Å².